The van der Waals surface area contributed by atoms with Gasteiger partial charge in [-0.2, -0.15) is 5.10 Å². The average molecular weight is 288 g/mol. The van der Waals surface area contributed by atoms with E-state index >= 15 is 0 Å². The number of nitrogens with zero attached hydrogens (tertiary/aromatic N) is 5. The third-order valence-electron chi connectivity index (χ3n) is 3.35. The maximum atomic E-state index is 8.93. The summed E-state index contributed by atoms with van der Waals surface area (Å²) in [6, 6.07) is 5.86. The highest BCUT2D eigenvalue weighted by atomic mass is 16.4. The van der Waals surface area contributed by atoms with Crippen molar-refractivity contribution in [2.24, 2.45) is 17.9 Å². The van der Waals surface area contributed by atoms with Gasteiger partial charge in [0, 0.05) is 39.0 Å². The van der Waals surface area contributed by atoms with Gasteiger partial charge in [-0.15, -0.1) is 0 Å². The first-order valence-electron chi connectivity index (χ1n) is 6.67. The highest BCUT2D eigenvalue weighted by molar-refractivity contribution is 6.02. The molecule has 0 aliphatic carbocycles. The maximum Gasteiger partial charge on any atom is 0.175 e. The first-order valence-corrected chi connectivity index (χ1v) is 6.67. The van der Waals surface area contributed by atoms with Crippen LogP contribution in [0.15, 0.2) is 29.6 Å². The normalized spacial score (nSPS) is 11.7. The second-order valence-electron chi connectivity index (χ2n) is 4.89. The summed E-state index contributed by atoms with van der Waals surface area (Å²) in [7, 11) is 3.79. The predicted molar refractivity (Wildman–Crippen MR) is 81.7 cm³/mol. The van der Waals surface area contributed by atoms with Crippen molar-refractivity contribution in [1.29, 1.82) is 0 Å². The zero-order valence-corrected chi connectivity index (χ0v) is 12.5. The Bertz CT molecular complexity index is 634. The molecule has 0 spiro atoms. The lowest BCUT2D eigenvalue weighted by Crippen LogP contribution is -2.26. The van der Waals surface area contributed by atoms with Gasteiger partial charge in [-0.1, -0.05) is 11.2 Å². The molecule has 0 amide bonds. The Balaban J connectivity index is 2.21. The number of oxime groups is 1. The lowest BCUT2D eigenvalue weighted by molar-refractivity contribution is 0.318. The van der Waals surface area contributed by atoms with Crippen LogP contribution < -0.4 is 10.6 Å². The van der Waals surface area contributed by atoms with Gasteiger partial charge in [0.1, 0.15) is 5.82 Å². The molecular formula is C14H20N6O. The third kappa shape index (κ3) is 3.13. The lowest BCUT2D eigenvalue weighted by Gasteiger charge is -2.20. The number of nitrogens with two attached hydrogens (primary N) is 1. The zero-order valence-electron chi connectivity index (χ0n) is 12.5. The van der Waals surface area contributed by atoms with E-state index in [4.69, 9.17) is 10.9 Å². The number of pyridine rings is 1. The van der Waals surface area contributed by atoms with E-state index in [1.54, 1.807) is 10.9 Å². The number of hydrogen-bond acceptors (Lipinski definition) is 5. The molecule has 0 saturated carbocycles. The fraction of sp³-hybridized carbons (Fsp3) is 0.357. The minimum Gasteiger partial charge on any atom is -0.409 e. The number of likely N-dealkylation sites (N-methyl/N-ethyl adjacent to an activating group) is 1. The van der Waals surface area contributed by atoms with E-state index in [9.17, 15) is 0 Å². The molecule has 2 heterocycles. The van der Waals surface area contributed by atoms with Crippen molar-refractivity contribution in [2.75, 3.05) is 18.5 Å². The molecule has 0 unspecified atom stereocenters. The van der Waals surface area contributed by atoms with Crippen molar-refractivity contribution >= 4 is 11.7 Å². The van der Waals surface area contributed by atoms with Gasteiger partial charge >= 0.3 is 0 Å². The fourth-order valence-electron chi connectivity index (χ4n) is 2.37. The van der Waals surface area contributed by atoms with Gasteiger partial charge in [-0.05, 0) is 19.1 Å². The second-order valence-corrected chi connectivity index (χ2v) is 4.89. The third-order valence-corrected chi connectivity index (χ3v) is 3.35. The van der Waals surface area contributed by atoms with Gasteiger partial charge in [-0.25, -0.2) is 0 Å². The Kier molecular flexibility index (Phi) is 4.42. The molecule has 3 N–H and O–H groups in total. The molecule has 0 aliphatic rings. The van der Waals surface area contributed by atoms with Crippen LogP contribution in [0, 0.1) is 6.92 Å². The number of hydrogen-bond donors (Lipinski definition) is 2. The molecule has 0 aliphatic heterocycles. The van der Waals surface area contributed by atoms with E-state index in [1.807, 2.05) is 44.1 Å². The van der Waals surface area contributed by atoms with Crippen LogP contribution in [0.5, 0.6) is 0 Å². The summed E-state index contributed by atoms with van der Waals surface area (Å²) in [5, 5.41) is 16.4. The van der Waals surface area contributed by atoms with Crippen LogP contribution in [0.25, 0.3) is 0 Å². The first kappa shape index (κ1) is 14.8. The van der Waals surface area contributed by atoms with E-state index in [-0.39, 0.29) is 5.84 Å². The molecule has 0 aromatic carbocycles. The highest BCUT2D eigenvalue weighted by Gasteiger charge is 2.20. The topological polar surface area (TPSA) is 92.6 Å². The summed E-state index contributed by atoms with van der Waals surface area (Å²) in [6.07, 6.45) is 2.59. The summed E-state index contributed by atoms with van der Waals surface area (Å²) < 4.78 is 1.74. The number of anilines is 1. The Hall–Kier alpha value is -2.57. The summed E-state index contributed by atoms with van der Waals surface area (Å²) in [6.45, 7) is 2.59. The molecule has 112 valence electrons. The molecule has 2 aromatic heterocycles. The number of rotatable bonds is 5. The molecule has 7 nitrogen and oxygen atoms in total. The summed E-state index contributed by atoms with van der Waals surface area (Å²) in [4.78, 5) is 6.34. The molecule has 2 aromatic rings. The van der Waals surface area contributed by atoms with E-state index in [0.717, 1.165) is 30.2 Å². The Morgan fingerprint density at radius 3 is 2.86 bits per heavy atom. The van der Waals surface area contributed by atoms with Gasteiger partial charge in [0.15, 0.2) is 5.84 Å². The summed E-state index contributed by atoms with van der Waals surface area (Å²) in [5.74, 6) is 0.888. The summed E-state index contributed by atoms with van der Waals surface area (Å²) >= 11 is 0. The van der Waals surface area contributed by atoms with Crippen molar-refractivity contribution in [1.82, 2.24) is 14.8 Å². The van der Waals surface area contributed by atoms with E-state index in [0.29, 0.717) is 5.56 Å². The molecule has 0 fully saturated rings. The predicted octanol–water partition coefficient (Wildman–Crippen LogP) is 0.897. The number of aryl methyl sites for hydroxylation is 2. The van der Waals surface area contributed by atoms with Crippen LogP contribution in [0.1, 0.15) is 17.0 Å². The van der Waals surface area contributed by atoms with Crippen LogP contribution in [-0.2, 0) is 13.5 Å². The molecule has 2 rings (SSSR count). The first-order chi connectivity index (χ1) is 10.0. The van der Waals surface area contributed by atoms with Crippen LogP contribution in [0.3, 0.4) is 0 Å². The molecular weight excluding hydrogens is 268 g/mol. The SMILES string of the molecule is Cc1nn(C)c(N(C)CCc2ccccn2)c1C(N)=NO. The van der Waals surface area contributed by atoms with Crippen LogP contribution >= 0.6 is 0 Å². The highest BCUT2D eigenvalue weighted by Crippen LogP contribution is 2.22. The maximum absolute atomic E-state index is 8.93. The van der Waals surface area contributed by atoms with E-state index in [1.165, 1.54) is 0 Å². The smallest absolute Gasteiger partial charge is 0.175 e. The van der Waals surface area contributed by atoms with Crippen molar-refractivity contribution in [2.45, 2.75) is 13.3 Å². The fourth-order valence-corrected chi connectivity index (χ4v) is 2.37. The molecule has 21 heavy (non-hydrogen) atoms. The van der Waals surface area contributed by atoms with Crippen molar-refractivity contribution in [3.63, 3.8) is 0 Å². The van der Waals surface area contributed by atoms with Crippen molar-refractivity contribution < 1.29 is 5.21 Å². The van der Waals surface area contributed by atoms with Gasteiger partial charge in [0.05, 0.1) is 11.3 Å². The molecule has 0 saturated heterocycles. The molecule has 0 bridgehead atoms. The minimum absolute atomic E-state index is 0.0697. The Labute approximate surface area is 123 Å². The van der Waals surface area contributed by atoms with Crippen LogP contribution in [-0.4, -0.2) is 39.4 Å². The minimum atomic E-state index is 0.0697. The quantitative estimate of drug-likeness (QED) is 0.369. The monoisotopic (exact) mass is 288 g/mol. The standard InChI is InChI=1S/C14H20N6O/c1-10-12(13(15)18-21)14(20(3)17-10)19(2)9-7-11-6-4-5-8-16-11/h4-6,8,21H,7,9H2,1-3H3,(H2,15,18). The zero-order chi connectivity index (χ0) is 15.4. The molecule has 7 heteroatoms. The van der Waals surface area contributed by atoms with Gasteiger partial charge < -0.3 is 15.8 Å². The Morgan fingerprint density at radius 1 is 1.48 bits per heavy atom. The van der Waals surface area contributed by atoms with Crippen LogP contribution in [0.2, 0.25) is 0 Å². The van der Waals surface area contributed by atoms with Gasteiger partial charge in [-0.3, -0.25) is 9.67 Å². The lowest BCUT2D eigenvalue weighted by atomic mass is 10.2. The number of aromatic nitrogens is 3. The van der Waals surface area contributed by atoms with Crippen molar-refractivity contribution in [3.8, 4) is 0 Å². The largest absolute Gasteiger partial charge is 0.409 e. The van der Waals surface area contributed by atoms with Gasteiger partial charge in [0.25, 0.3) is 0 Å². The average Bonchev–Trinajstić information content (AvgIpc) is 2.79. The number of amidine groups is 1. The summed E-state index contributed by atoms with van der Waals surface area (Å²) in [5.41, 5.74) is 8.17. The van der Waals surface area contributed by atoms with Gasteiger partial charge in [0.2, 0.25) is 0 Å². The van der Waals surface area contributed by atoms with Crippen LogP contribution in [0.4, 0.5) is 5.82 Å². The van der Waals surface area contributed by atoms with E-state index < -0.39 is 0 Å². The molecule has 0 atom stereocenters. The second kappa shape index (κ2) is 6.25. The van der Waals surface area contributed by atoms with E-state index in [2.05, 4.69) is 15.2 Å². The molecule has 0 radical (unpaired) electrons. The Morgan fingerprint density at radius 2 is 2.24 bits per heavy atom. The van der Waals surface area contributed by atoms with Crippen molar-refractivity contribution in [3.05, 3.63) is 41.3 Å².